The van der Waals surface area contributed by atoms with E-state index < -0.39 is 0 Å². The van der Waals surface area contributed by atoms with Gasteiger partial charge in [0.15, 0.2) is 0 Å². The maximum Gasteiger partial charge on any atom is 0.0625 e. The normalized spacial score (nSPS) is 12.2. The first-order valence-corrected chi connectivity index (χ1v) is 18.0. The summed E-state index contributed by atoms with van der Waals surface area (Å²) in [5.74, 6) is 0. The first-order chi connectivity index (χ1) is 25.8. The molecule has 2 nitrogen and oxygen atoms in total. The van der Waals surface area contributed by atoms with Crippen LogP contribution in [0.5, 0.6) is 0 Å². The van der Waals surface area contributed by atoms with Crippen molar-refractivity contribution in [2.45, 2.75) is 0 Å². The van der Waals surface area contributed by atoms with E-state index in [1.165, 1.54) is 109 Å². The molecule has 0 saturated heterocycles. The van der Waals surface area contributed by atoms with Crippen LogP contribution in [-0.4, -0.2) is 9.13 Å². The Hall–Kier alpha value is -6.90. The van der Waals surface area contributed by atoms with Crippen molar-refractivity contribution in [3.05, 3.63) is 182 Å². The predicted molar refractivity (Wildman–Crippen MR) is 222 cm³/mol. The van der Waals surface area contributed by atoms with Gasteiger partial charge in [-0.3, -0.25) is 0 Å². The van der Waals surface area contributed by atoms with Crippen LogP contribution < -0.4 is 0 Å². The van der Waals surface area contributed by atoms with Crippen molar-refractivity contribution in [3.8, 4) is 22.5 Å². The minimum Gasteiger partial charge on any atom is -0.309 e. The highest BCUT2D eigenvalue weighted by molar-refractivity contribution is 6.38. The largest absolute Gasteiger partial charge is 0.309 e. The van der Waals surface area contributed by atoms with Crippen LogP contribution in [0.1, 0.15) is 0 Å². The van der Waals surface area contributed by atoms with Crippen LogP contribution in [0.15, 0.2) is 182 Å². The minimum atomic E-state index is 1.18. The van der Waals surface area contributed by atoms with E-state index in [4.69, 9.17) is 0 Å². The third-order valence-electron chi connectivity index (χ3n) is 11.4. The van der Waals surface area contributed by atoms with Crippen LogP contribution in [0.4, 0.5) is 0 Å². The van der Waals surface area contributed by atoms with E-state index >= 15 is 0 Å². The molecule has 0 fully saturated rings. The summed E-state index contributed by atoms with van der Waals surface area (Å²) in [5.41, 5.74) is 9.78. The highest BCUT2D eigenvalue weighted by atomic mass is 15.0. The Morgan fingerprint density at radius 3 is 1.83 bits per heavy atom. The molecule has 12 aromatic rings. The SMILES string of the molecule is c1ccc(-n2c3ccccc3c3cc(-c4ccc5c(c4)c4cc6ccccc6c6c4c4c5cccc4n6-c4ccc5ccccc5c4)ccc32)cc1. The first kappa shape index (κ1) is 27.9. The summed E-state index contributed by atoms with van der Waals surface area (Å²) in [6.07, 6.45) is 0. The Morgan fingerprint density at radius 2 is 0.942 bits per heavy atom. The standard InChI is InChI=1S/C50H30N2/c1-2-14-36(15-3-1)51-45-19-9-8-17-40(45)43-29-34(23-26-46(43)51)33-22-25-39-41-18-10-20-47-48(41)49-44(42(39)28-33)30-35-13-6-7-16-38(35)50(49)52(47)37-24-21-31-11-4-5-12-32(31)27-37/h1-30H. The lowest BCUT2D eigenvalue weighted by Gasteiger charge is -2.13. The molecule has 0 aliphatic rings. The van der Waals surface area contributed by atoms with Crippen LogP contribution in [0, 0.1) is 0 Å². The molecule has 12 rings (SSSR count). The molecule has 0 saturated carbocycles. The fraction of sp³-hybridized carbons (Fsp3) is 0. The van der Waals surface area contributed by atoms with Gasteiger partial charge >= 0.3 is 0 Å². The second-order valence-electron chi connectivity index (χ2n) is 14.1. The second kappa shape index (κ2) is 10.3. The lowest BCUT2D eigenvalue weighted by atomic mass is 9.90. The Balaban J connectivity index is 1.16. The molecule has 10 aromatic carbocycles. The van der Waals surface area contributed by atoms with E-state index in [0.29, 0.717) is 0 Å². The highest BCUT2D eigenvalue weighted by Crippen LogP contribution is 2.47. The topological polar surface area (TPSA) is 9.86 Å². The number of nitrogens with zero attached hydrogens (tertiary/aromatic N) is 2. The molecule has 52 heavy (non-hydrogen) atoms. The average molecular weight is 659 g/mol. The number of fused-ring (bicyclic) bond motifs is 9. The maximum absolute atomic E-state index is 2.51. The Labute approximate surface area is 299 Å². The van der Waals surface area contributed by atoms with Crippen LogP contribution in [-0.2, 0) is 0 Å². The van der Waals surface area contributed by atoms with Gasteiger partial charge in [-0.05, 0) is 109 Å². The lowest BCUT2D eigenvalue weighted by Crippen LogP contribution is -1.94. The lowest BCUT2D eigenvalue weighted by molar-refractivity contribution is 1.18. The van der Waals surface area contributed by atoms with Crippen LogP contribution in [0.25, 0.3) is 109 Å². The van der Waals surface area contributed by atoms with Gasteiger partial charge < -0.3 is 9.13 Å². The molecule has 0 unspecified atom stereocenters. The molecule has 240 valence electrons. The molecule has 0 spiro atoms. The van der Waals surface area contributed by atoms with E-state index in [-0.39, 0.29) is 0 Å². The zero-order valence-electron chi connectivity index (χ0n) is 28.2. The maximum atomic E-state index is 2.51. The van der Waals surface area contributed by atoms with E-state index in [1.807, 2.05) is 0 Å². The third kappa shape index (κ3) is 3.73. The second-order valence-corrected chi connectivity index (χ2v) is 14.1. The van der Waals surface area contributed by atoms with Crippen molar-refractivity contribution < 1.29 is 0 Å². The van der Waals surface area contributed by atoms with E-state index in [1.54, 1.807) is 0 Å². The highest BCUT2D eigenvalue weighted by Gasteiger charge is 2.22. The molecule has 2 aromatic heterocycles. The van der Waals surface area contributed by atoms with Gasteiger partial charge in [0.1, 0.15) is 0 Å². The Kier molecular flexibility index (Phi) is 5.53. The molecular formula is C50H30N2. The van der Waals surface area contributed by atoms with Crippen molar-refractivity contribution in [3.63, 3.8) is 0 Å². The Morgan fingerprint density at radius 1 is 0.269 bits per heavy atom. The summed E-state index contributed by atoms with van der Waals surface area (Å²) in [7, 11) is 0. The van der Waals surface area contributed by atoms with Gasteiger partial charge in [-0.2, -0.15) is 0 Å². The summed E-state index contributed by atoms with van der Waals surface area (Å²) < 4.78 is 4.89. The van der Waals surface area contributed by atoms with Crippen LogP contribution >= 0.6 is 0 Å². The van der Waals surface area contributed by atoms with E-state index in [0.717, 1.165) is 0 Å². The number of hydrogen-bond acceptors (Lipinski definition) is 0. The summed E-state index contributed by atoms with van der Waals surface area (Å²) in [6, 6.07) is 67.2. The third-order valence-corrected chi connectivity index (χ3v) is 11.4. The minimum absolute atomic E-state index is 1.18. The molecule has 0 radical (unpaired) electrons. The molecule has 0 bridgehead atoms. The average Bonchev–Trinajstić information content (AvgIpc) is 3.74. The van der Waals surface area contributed by atoms with Crippen LogP contribution in [0.3, 0.4) is 0 Å². The number of aromatic nitrogens is 2. The number of rotatable bonds is 3. The molecule has 0 amide bonds. The molecular weight excluding hydrogens is 629 g/mol. The monoisotopic (exact) mass is 658 g/mol. The van der Waals surface area contributed by atoms with Gasteiger partial charge in [0.2, 0.25) is 0 Å². The van der Waals surface area contributed by atoms with Crippen molar-refractivity contribution in [2.75, 3.05) is 0 Å². The van der Waals surface area contributed by atoms with Crippen molar-refractivity contribution in [2.24, 2.45) is 0 Å². The molecule has 2 heterocycles. The van der Waals surface area contributed by atoms with Gasteiger partial charge in [-0.1, -0.05) is 121 Å². The molecule has 0 aliphatic heterocycles. The van der Waals surface area contributed by atoms with Crippen molar-refractivity contribution >= 4 is 86.7 Å². The van der Waals surface area contributed by atoms with Gasteiger partial charge in [0, 0.05) is 38.3 Å². The fourth-order valence-corrected chi connectivity index (χ4v) is 9.13. The predicted octanol–water partition coefficient (Wildman–Crippen LogP) is 13.6. The van der Waals surface area contributed by atoms with Gasteiger partial charge in [0.25, 0.3) is 0 Å². The Bertz CT molecular complexity index is 3400. The first-order valence-electron chi connectivity index (χ1n) is 18.0. The zero-order chi connectivity index (χ0) is 33.9. The van der Waals surface area contributed by atoms with E-state index in [9.17, 15) is 0 Å². The van der Waals surface area contributed by atoms with Crippen molar-refractivity contribution in [1.82, 2.24) is 9.13 Å². The van der Waals surface area contributed by atoms with Gasteiger partial charge in [-0.15, -0.1) is 0 Å². The number of para-hydroxylation sites is 2. The summed E-state index contributed by atoms with van der Waals surface area (Å²) in [5, 5.41) is 15.4. The van der Waals surface area contributed by atoms with Gasteiger partial charge in [-0.25, -0.2) is 0 Å². The smallest absolute Gasteiger partial charge is 0.0625 e. The fourth-order valence-electron chi connectivity index (χ4n) is 9.13. The number of hydrogen-bond donors (Lipinski definition) is 0. The molecule has 0 aliphatic carbocycles. The number of benzene rings is 10. The van der Waals surface area contributed by atoms with E-state index in [2.05, 4.69) is 191 Å². The molecule has 2 heteroatoms. The molecule has 0 N–H and O–H groups in total. The van der Waals surface area contributed by atoms with Crippen molar-refractivity contribution in [1.29, 1.82) is 0 Å². The van der Waals surface area contributed by atoms with Crippen LogP contribution in [0.2, 0.25) is 0 Å². The zero-order valence-corrected chi connectivity index (χ0v) is 28.2. The summed E-state index contributed by atoms with van der Waals surface area (Å²) >= 11 is 0. The van der Waals surface area contributed by atoms with Gasteiger partial charge in [0.05, 0.1) is 22.1 Å². The summed E-state index contributed by atoms with van der Waals surface area (Å²) in [4.78, 5) is 0. The quantitative estimate of drug-likeness (QED) is 0.132. The summed E-state index contributed by atoms with van der Waals surface area (Å²) in [6.45, 7) is 0. The molecule has 0 atom stereocenters.